The number of fused-ring (bicyclic) bond motifs is 1. The SMILES string of the molecule is Cc1ccc(OCC(=O)Nc2ccc(-c3coc4cc(O)ccc4c3=O)cc2)cc1. The largest absolute Gasteiger partial charge is 0.508 e. The van der Waals surface area contributed by atoms with Gasteiger partial charge < -0.3 is 19.6 Å². The molecule has 0 radical (unpaired) electrons. The molecular weight excluding hydrogens is 382 g/mol. The van der Waals surface area contributed by atoms with E-state index >= 15 is 0 Å². The molecular formula is C24H19NO5. The number of nitrogens with one attached hydrogen (secondary N) is 1. The van der Waals surface area contributed by atoms with Crippen molar-refractivity contribution in [3.63, 3.8) is 0 Å². The Morgan fingerprint density at radius 3 is 2.50 bits per heavy atom. The molecule has 0 atom stereocenters. The van der Waals surface area contributed by atoms with E-state index in [2.05, 4.69) is 5.32 Å². The van der Waals surface area contributed by atoms with E-state index < -0.39 is 0 Å². The van der Waals surface area contributed by atoms with Gasteiger partial charge in [0.2, 0.25) is 0 Å². The molecule has 0 aliphatic rings. The monoisotopic (exact) mass is 401 g/mol. The van der Waals surface area contributed by atoms with Crippen molar-refractivity contribution in [3.8, 4) is 22.6 Å². The fourth-order valence-electron chi connectivity index (χ4n) is 3.03. The maximum Gasteiger partial charge on any atom is 0.262 e. The molecule has 1 heterocycles. The molecule has 150 valence electrons. The molecule has 0 unspecified atom stereocenters. The molecule has 0 saturated heterocycles. The molecule has 0 aliphatic heterocycles. The van der Waals surface area contributed by atoms with Crippen molar-refractivity contribution in [2.24, 2.45) is 0 Å². The van der Waals surface area contributed by atoms with Gasteiger partial charge >= 0.3 is 0 Å². The van der Waals surface area contributed by atoms with Crippen LogP contribution < -0.4 is 15.5 Å². The average molecular weight is 401 g/mol. The molecule has 4 rings (SSSR count). The highest BCUT2D eigenvalue weighted by Gasteiger charge is 2.10. The van der Waals surface area contributed by atoms with Crippen LogP contribution in [0, 0.1) is 6.92 Å². The second-order valence-corrected chi connectivity index (χ2v) is 6.89. The van der Waals surface area contributed by atoms with Crippen LogP contribution in [0.2, 0.25) is 0 Å². The van der Waals surface area contributed by atoms with Crippen LogP contribution in [-0.2, 0) is 4.79 Å². The highest BCUT2D eigenvalue weighted by molar-refractivity contribution is 5.92. The van der Waals surface area contributed by atoms with Crippen LogP contribution in [0.1, 0.15) is 5.56 Å². The highest BCUT2D eigenvalue weighted by atomic mass is 16.5. The molecule has 3 aromatic carbocycles. The molecule has 1 aromatic heterocycles. The highest BCUT2D eigenvalue weighted by Crippen LogP contribution is 2.23. The topological polar surface area (TPSA) is 88.8 Å². The summed E-state index contributed by atoms with van der Waals surface area (Å²) in [6, 6.07) is 18.7. The number of phenols is 1. The summed E-state index contributed by atoms with van der Waals surface area (Å²) in [6.45, 7) is 1.87. The fraction of sp³-hybridized carbons (Fsp3) is 0.0833. The van der Waals surface area contributed by atoms with E-state index in [-0.39, 0.29) is 23.7 Å². The Morgan fingerprint density at radius 2 is 1.77 bits per heavy atom. The zero-order chi connectivity index (χ0) is 21.1. The van der Waals surface area contributed by atoms with Gasteiger partial charge in [0.05, 0.1) is 10.9 Å². The third kappa shape index (κ3) is 4.17. The van der Waals surface area contributed by atoms with Gasteiger partial charge in [-0.05, 0) is 48.9 Å². The molecule has 30 heavy (non-hydrogen) atoms. The number of hydrogen-bond acceptors (Lipinski definition) is 5. The summed E-state index contributed by atoms with van der Waals surface area (Å²) in [4.78, 5) is 24.8. The number of carbonyl (C=O) groups excluding carboxylic acids is 1. The Labute approximate surface area is 172 Å². The Morgan fingerprint density at radius 1 is 1.03 bits per heavy atom. The number of ether oxygens (including phenoxy) is 1. The first-order valence-corrected chi connectivity index (χ1v) is 9.34. The summed E-state index contributed by atoms with van der Waals surface area (Å²) in [7, 11) is 0. The number of amides is 1. The van der Waals surface area contributed by atoms with E-state index in [1.165, 1.54) is 24.5 Å². The molecule has 6 nitrogen and oxygen atoms in total. The van der Waals surface area contributed by atoms with Crippen LogP contribution in [0.4, 0.5) is 5.69 Å². The molecule has 6 heteroatoms. The minimum atomic E-state index is -0.284. The number of phenolic OH excluding ortho intramolecular Hbond substituents is 1. The minimum Gasteiger partial charge on any atom is -0.508 e. The van der Waals surface area contributed by atoms with Crippen LogP contribution >= 0.6 is 0 Å². The Balaban J connectivity index is 1.45. The second kappa shape index (κ2) is 8.13. The summed E-state index contributed by atoms with van der Waals surface area (Å²) < 4.78 is 11.0. The zero-order valence-electron chi connectivity index (χ0n) is 16.2. The first-order chi connectivity index (χ1) is 14.5. The number of carbonyl (C=O) groups is 1. The lowest BCUT2D eigenvalue weighted by Gasteiger charge is -2.09. The summed E-state index contributed by atoms with van der Waals surface area (Å²) in [5.74, 6) is 0.376. The molecule has 0 aliphatic carbocycles. The maximum atomic E-state index is 12.7. The minimum absolute atomic E-state index is 0.0323. The van der Waals surface area contributed by atoms with Crippen LogP contribution in [-0.4, -0.2) is 17.6 Å². The van der Waals surface area contributed by atoms with Gasteiger partial charge in [0.25, 0.3) is 5.91 Å². The third-order valence-electron chi connectivity index (χ3n) is 4.63. The van der Waals surface area contributed by atoms with Crippen molar-refractivity contribution in [2.75, 3.05) is 11.9 Å². The van der Waals surface area contributed by atoms with Crippen molar-refractivity contribution in [1.29, 1.82) is 0 Å². The number of anilines is 1. The standard InChI is InChI=1S/C24H19NO5/c1-15-2-9-19(10-3-15)29-14-23(27)25-17-6-4-16(5-7-17)21-13-30-22-12-18(26)8-11-20(22)24(21)28/h2-13,26H,14H2,1H3,(H,25,27). The van der Waals surface area contributed by atoms with Crippen molar-refractivity contribution in [3.05, 3.63) is 88.8 Å². The van der Waals surface area contributed by atoms with Gasteiger partial charge in [-0.3, -0.25) is 9.59 Å². The van der Waals surface area contributed by atoms with E-state index in [1.54, 1.807) is 24.3 Å². The van der Waals surface area contributed by atoms with Crippen molar-refractivity contribution in [2.45, 2.75) is 6.92 Å². The summed E-state index contributed by atoms with van der Waals surface area (Å²) in [5, 5.41) is 12.7. The lowest BCUT2D eigenvalue weighted by Crippen LogP contribution is -2.20. The molecule has 2 N–H and O–H groups in total. The maximum absolute atomic E-state index is 12.7. The lowest BCUT2D eigenvalue weighted by molar-refractivity contribution is -0.118. The van der Waals surface area contributed by atoms with E-state index in [1.807, 2.05) is 31.2 Å². The zero-order valence-corrected chi connectivity index (χ0v) is 16.2. The molecule has 0 spiro atoms. The van der Waals surface area contributed by atoms with Gasteiger partial charge in [-0.1, -0.05) is 29.8 Å². The van der Waals surface area contributed by atoms with Gasteiger partial charge in [-0.25, -0.2) is 0 Å². The van der Waals surface area contributed by atoms with E-state index in [0.29, 0.717) is 33.5 Å². The predicted octanol–water partition coefficient (Wildman–Crippen LogP) is 4.49. The third-order valence-corrected chi connectivity index (χ3v) is 4.63. The van der Waals surface area contributed by atoms with Crippen LogP contribution in [0.5, 0.6) is 11.5 Å². The van der Waals surface area contributed by atoms with Crippen molar-refractivity contribution >= 4 is 22.6 Å². The number of benzene rings is 3. The van der Waals surface area contributed by atoms with Crippen molar-refractivity contribution in [1.82, 2.24) is 0 Å². The molecule has 4 aromatic rings. The fourth-order valence-corrected chi connectivity index (χ4v) is 3.03. The first-order valence-electron chi connectivity index (χ1n) is 9.34. The van der Waals surface area contributed by atoms with Crippen molar-refractivity contribution < 1.29 is 19.1 Å². The van der Waals surface area contributed by atoms with E-state index in [9.17, 15) is 14.7 Å². The number of hydrogen-bond donors (Lipinski definition) is 2. The van der Waals surface area contributed by atoms with E-state index in [0.717, 1.165) is 5.56 Å². The lowest BCUT2D eigenvalue weighted by atomic mass is 10.1. The smallest absolute Gasteiger partial charge is 0.262 e. The first kappa shape index (κ1) is 19.3. The molecule has 0 saturated carbocycles. The van der Waals surface area contributed by atoms with Gasteiger partial charge in [0, 0.05) is 11.8 Å². The average Bonchev–Trinajstić information content (AvgIpc) is 2.74. The van der Waals surface area contributed by atoms with Gasteiger partial charge in [0.1, 0.15) is 23.3 Å². The second-order valence-electron chi connectivity index (χ2n) is 6.89. The van der Waals surface area contributed by atoms with E-state index in [4.69, 9.17) is 9.15 Å². The molecule has 1 amide bonds. The number of rotatable bonds is 5. The van der Waals surface area contributed by atoms with Crippen LogP contribution in [0.3, 0.4) is 0 Å². The summed E-state index contributed by atoms with van der Waals surface area (Å²) >= 11 is 0. The Bertz CT molecular complexity index is 1260. The van der Waals surface area contributed by atoms with Gasteiger partial charge in [-0.15, -0.1) is 0 Å². The van der Waals surface area contributed by atoms with Gasteiger partial charge in [0.15, 0.2) is 12.0 Å². The van der Waals surface area contributed by atoms with Gasteiger partial charge in [-0.2, -0.15) is 0 Å². The molecule has 0 fully saturated rings. The number of aryl methyl sites for hydroxylation is 1. The Kier molecular flexibility index (Phi) is 5.22. The molecule has 0 bridgehead atoms. The normalized spacial score (nSPS) is 10.7. The summed E-state index contributed by atoms with van der Waals surface area (Å²) in [5.41, 5.74) is 2.89. The van der Waals surface area contributed by atoms with Crippen LogP contribution in [0.25, 0.3) is 22.1 Å². The quantitative estimate of drug-likeness (QED) is 0.514. The van der Waals surface area contributed by atoms with Crippen LogP contribution in [0.15, 0.2) is 82.2 Å². The number of aromatic hydroxyl groups is 1. The predicted molar refractivity (Wildman–Crippen MR) is 115 cm³/mol. The summed E-state index contributed by atoms with van der Waals surface area (Å²) in [6.07, 6.45) is 1.37. The Hall–Kier alpha value is -4.06.